The normalized spacial score (nSPS) is 11.3. The van der Waals surface area contributed by atoms with Gasteiger partial charge in [-0.15, -0.1) is 0 Å². The quantitative estimate of drug-likeness (QED) is 0.892. The van der Waals surface area contributed by atoms with Crippen LogP contribution >= 0.6 is 23.2 Å². The maximum absolute atomic E-state index is 6.27. The third-order valence-electron chi connectivity index (χ3n) is 3.09. The second-order valence-electron chi connectivity index (χ2n) is 5.28. The molecule has 0 saturated carbocycles. The van der Waals surface area contributed by atoms with Crippen molar-refractivity contribution in [1.82, 2.24) is 9.55 Å². The van der Waals surface area contributed by atoms with Gasteiger partial charge < -0.3 is 10.3 Å². The van der Waals surface area contributed by atoms with E-state index in [0.29, 0.717) is 21.8 Å². The molecular weight excluding hydrogens is 293 g/mol. The maximum Gasteiger partial charge on any atom is 0.131 e. The molecule has 2 rings (SSSR count). The number of hydrogen-bond donors (Lipinski definition) is 1. The number of aryl methyl sites for hydroxylation is 1. The van der Waals surface area contributed by atoms with Crippen molar-refractivity contribution in [3.8, 4) is 11.3 Å². The first-order chi connectivity index (χ1) is 9.42. The minimum absolute atomic E-state index is 0.507. The van der Waals surface area contributed by atoms with Crippen LogP contribution in [0.2, 0.25) is 10.0 Å². The number of aromatic nitrogens is 2. The Morgan fingerprint density at radius 1 is 1.20 bits per heavy atom. The summed E-state index contributed by atoms with van der Waals surface area (Å²) in [5.41, 5.74) is 7.89. The summed E-state index contributed by atoms with van der Waals surface area (Å²) in [6.45, 7) is 7.26. The number of benzene rings is 1. The molecule has 0 spiro atoms. The number of halogens is 2. The van der Waals surface area contributed by atoms with E-state index in [1.54, 1.807) is 6.07 Å². The Labute approximate surface area is 129 Å². The largest absolute Gasteiger partial charge is 0.383 e. The monoisotopic (exact) mass is 311 g/mol. The first kappa shape index (κ1) is 15.2. The Morgan fingerprint density at radius 3 is 2.30 bits per heavy atom. The molecule has 0 radical (unpaired) electrons. The maximum atomic E-state index is 6.27. The minimum atomic E-state index is 0.507. The van der Waals surface area contributed by atoms with E-state index in [1.165, 1.54) is 0 Å². The SMILES string of the molecule is CCc1nc(-c2cc(Cl)cc(Cl)c2)c(N)n1CC(C)C. The molecular formula is C15H19Cl2N3. The molecule has 3 nitrogen and oxygen atoms in total. The van der Waals surface area contributed by atoms with Crippen LogP contribution in [-0.2, 0) is 13.0 Å². The number of nitrogens with zero attached hydrogens (tertiary/aromatic N) is 2. The van der Waals surface area contributed by atoms with Crippen LogP contribution in [0.3, 0.4) is 0 Å². The Bertz CT molecular complexity index is 598. The molecule has 0 unspecified atom stereocenters. The van der Waals surface area contributed by atoms with Gasteiger partial charge in [0.1, 0.15) is 17.3 Å². The summed E-state index contributed by atoms with van der Waals surface area (Å²) < 4.78 is 2.08. The molecule has 0 aliphatic carbocycles. The van der Waals surface area contributed by atoms with Crippen LogP contribution in [0.1, 0.15) is 26.6 Å². The highest BCUT2D eigenvalue weighted by Gasteiger charge is 2.16. The van der Waals surface area contributed by atoms with Crippen molar-refractivity contribution in [1.29, 1.82) is 0 Å². The molecule has 1 aromatic heterocycles. The van der Waals surface area contributed by atoms with Crippen molar-refractivity contribution < 1.29 is 0 Å². The molecule has 0 amide bonds. The lowest BCUT2D eigenvalue weighted by atomic mass is 10.1. The van der Waals surface area contributed by atoms with Crippen molar-refractivity contribution in [2.75, 3.05) is 5.73 Å². The van der Waals surface area contributed by atoms with Crippen molar-refractivity contribution in [2.24, 2.45) is 5.92 Å². The van der Waals surface area contributed by atoms with Gasteiger partial charge in [0.05, 0.1) is 0 Å². The van der Waals surface area contributed by atoms with Crippen LogP contribution < -0.4 is 5.73 Å². The van der Waals surface area contributed by atoms with Gasteiger partial charge in [-0.25, -0.2) is 4.98 Å². The van der Waals surface area contributed by atoms with Gasteiger partial charge in [-0.1, -0.05) is 44.0 Å². The third kappa shape index (κ3) is 3.10. The lowest BCUT2D eigenvalue weighted by Crippen LogP contribution is -2.10. The van der Waals surface area contributed by atoms with Crippen LogP contribution in [0.25, 0.3) is 11.3 Å². The van der Waals surface area contributed by atoms with Gasteiger partial charge in [-0.2, -0.15) is 0 Å². The minimum Gasteiger partial charge on any atom is -0.383 e. The molecule has 0 bridgehead atoms. The summed E-state index contributed by atoms with van der Waals surface area (Å²) >= 11 is 12.1. The second-order valence-corrected chi connectivity index (χ2v) is 6.15. The highest BCUT2D eigenvalue weighted by molar-refractivity contribution is 6.35. The number of hydrogen-bond acceptors (Lipinski definition) is 2. The van der Waals surface area contributed by atoms with Gasteiger partial charge in [-0.05, 0) is 24.1 Å². The molecule has 0 atom stereocenters. The molecule has 0 fully saturated rings. The number of nitrogens with two attached hydrogens (primary N) is 1. The number of imidazole rings is 1. The number of nitrogen functional groups attached to an aromatic ring is 1. The third-order valence-corrected chi connectivity index (χ3v) is 3.52. The smallest absolute Gasteiger partial charge is 0.131 e. The van der Waals surface area contributed by atoms with Gasteiger partial charge >= 0.3 is 0 Å². The fraction of sp³-hybridized carbons (Fsp3) is 0.400. The topological polar surface area (TPSA) is 43.8 Å². The highest BCUT2D eigenvalue weighted by Crippen LogP contribution is 2.31. The summed E-state index contributed by atoms with van der Waals surface area (Å²) in [5, 5.41) is 1.17. The molecule has 20 heavy (non-hydrogen) atoms. The molecule has 0 aliphatic heterocycles. The fourth-order valence-corrected chi connectivity index (χ4v) is 2.78. The Hall–Kier alpha value is -1.19. The molecule has 2 aromatic rings. The van der Waals surface area contributed by atoms with Crippen LogP contribution in [0.15, 0.2) is 18.2 Å². The van der Waals surface area contributed by atoms with Gasteiger partial charge in [-0.3, -0.25) is 0 Å². The zero-order chi connectivity index (χ0) is 14.9. The molecule has 0 aliphatic rings. The molecule has 2 N–H and O–H groups in total. The van der Waals surface area contributed by atoms with E-state index in [-0.39, 0.29) is 0 Å². The Morgan fingerprint density at radius 2 is 1.80 bits per heavy atom. The van der Waals surface area contributed by atoms with E-state index in [2.05, 4.69) is 30.3 Å². The summed E-state index contributed by atoms with van der Waals surface area (Å²) in [4.78, 5) is 4.65. The number of anilines is 1. The lowest BCUT2D eigenvalue weighted by molar-refractivity contribution is 0.513. The van der Waals surface area contributed by atoms with Gasteiger partial charge in [0.25, 0.3) is 0 Å². The first-order valence-corrected chi connectivity index (χ1v) is 7.49. The molecule has 1 heterocycles. The van der Waals surface area contributed by atoms with Crippen molar-refractivity contribution in [2.45, 2.75) is 33.7 Å². The predicted octanol–water partition coefficient (Wildman–Crippen LogP) is 4.66. The van der Waals surface area contributed by atoms with Gasteiger partial charge in [0, 0.05) is 28.6 Å². The summed E-state index contributed by atoms with van der Waals surface area (Å²) in [5.74, 6) is 2.17. The van der Waals surface area contributed by atoms with E-state index in [9.17, 15) is 0 Å². The van der Waals surface area contributed by atoms with Crippen LogP contribution in [-0.4, -0.2) is 9.55 Å². The lowest BCUT2D eigenvalue weighted by Gasteiger charge is -2.11. The van der Waals surface area contributed by atoms with Crippen molar-refractivity contribution in [3.05, 3.63) is 34.1 Å². The van der Waals surface area contributed by atoms with Crippen LogP contribution in [0.4, 0.5) is 5.82 Å². The molecule has 108 valence electrons. The second kappa shape index (κ2) is 6.06. The van der Waals surface area contributed by atoms with Crippen molar-refractivity contribution in [3.63, 3.8) is 0 Å². The molecule has 5 heteroatoms. The standard InChI is InChI=1S/C15H19Cl2N3/c1-4-13-19-14(15(18)20(13)8-9(2)3)10-5-11(16)7-12(17)6-10/h5-7,9H,4,8,18H2,1-3H3. The van der Waals surface area contributed by atoms with E-state index < -0.39 is 0 Å². The average Bonchev–Trinajstić information content (AvgIpc) is 2.65. The molecule has 0 saturated heterocycles. The zero-order valence-corrected chi connectivity index (χ0v) is 13.5. The van der Waals surface area contributed by atoms with Crippen LogP contribution in [0, 0.1) is 5.92 Å². The number of rotatable bonds is 4. The summed E-state index contributed by atoms with van der Waals surface area (Å²) in [7, 11) is 0. The van der Waals surface area contributed by atoms with Crippen LogP contribution in [0.5, 0.6) is 0 Å². The Kier molecular flexibility index (Phi) is 4.61. The molecule has 1 aromatic carbocycles. The van der Waals surface area contributed by atoms with Gasteiger partial charge in [0.2, 0.25) is 0 Å². The van der Waals surface area contributed by atoms with E-state index in [1.807, 2.05) is 12.1 Å². The first-order valence-electron chi connectivity index (χ1n) is 6.73. The van der Waals surface area contributed by atoms with E-state index in [0.717, 1.165) is 30.0 Å². The van der Waals surface area contributed by atoms with E-state index in [4.69, 9.17) is 28.9 Å². The summed E-state index contributed by atoms with van der Waals surface area (Å²) in [6, 6.07) is 5.38. The predicted molar refractivity (Wildman–Crippen MR) is 86.3 cm³/mol. The van der Waals surface area contributed by atoms with Crippen molar-refractivity contribution >= 4 is 29.0 Å². The highest BCUT2D eigenvalue weighted by atomic mass is 35.5. The van der Waals surface area contributed by atoms with Gasteiger partial charge in [0.15, 0.2) is 0 Å². The zero-order valence-electron chi connectivity index (χ0n) is 12.0. The summed E-state index contributed by atoms with van der Waals surface area (Å²) in [6.07, 6.45) is 0.839. The average molecular weight is 312 g/mol. The van der Waals surface area contributed by atoms with E-state index >= 15 is 0 Å². The Balaban J connectivity index is 2.54. The fourth-order valence-electron chi connectivity index (χ4n) is 2.26.